The lowest BCUT2D eigenvalue weighted by Gasteiger charge is -2.29. The van der Waals surface area contributed by atoms with E-state index in [1.165, 1.54) is 24.1 Å². The molecule has 0 radical (unpaired) electrons. The number of nitrogens with one attached hydrogen (secondary N) is 1. The quantitative estimate of drug-likeness (QED) is 0.865. The summed E-state index contributed by atoms with van der Waals surface area (Å²) in [5, 5.41) is 3.62. The van der Waals surface area contributed by atoms with Crippen LogP contribution in [0.25, 0.3) is 0 Å². The summed E-state index contributed by atoms with van der Waals surface area (Å²) in [6.07, 6.45) is 5.64. The second kappa shape index (κ2) is 7.07. The van der Waals surface area contributed by atoms with Crippen LogP contribution in [0, 0.1) is 5.92 Å². The van der Waals surface area contributed by atoms with Gasteiger partial charge in [0.05, 0.1) is 0 Å². The maximum atomic E-state index is 12.2. The lowest BCUT2D eigenvalue weighted by atomic mass is 9.90. The molecule has 0 saturated carbocycles. The summed E-state index contributed by atoms with van der Waals surface area (Å²) in [5.41, 5.74) is 2.80. The molecule has 0 saturated heterocycles. The summed E-state index contributed by atoms with van der Waals surface area (Å²) < 4.78 is 2.02. The number of hydrogen-bond acceptors (Lipinski definition) is 2. The van der Waals surface area contributed by atoms with E-state index in [9.17, 15) is 4.79 Å². The molecule has 20 heavy (non-hydrogen) atoms. The molecule has 3 heteroatoms. The third-order valence-electron chi connectivity index (χ3n) is 4.18. The van der Waals surface area contributed by atoms with Gasteiger partial charge in [-0.05, 0) is 50.1 Å². The van der Waals surface area contributed by atoms with E-state index in [1.807, 2.05) is 4.57 Å². The zero-order chi connectivity index (χ0) is 14.5. The molecule has 1 aromatic rings. The molecule has 0 fully saturated rings. The minimum Gasteiger partial charge on any atom is -0.312 e. The molecule has 1 aliphatic rings. The predicted octanol–water partition coefficient (Wildman–Crippen LogP) is 3.27. The molecule has 1 aliphatic carbocycles. The fourth-order valence-corrected chi connectivity index (χ4v) is 3.02. The van der Waals surface area contributed by atoms with Crippen LogP contribution in [0.5, 0.6) is 0 Å². The number of pyridine rings is 1. The van der Waals surface area contributed by atoms with Gasteiger partial charge in [-0.15, -0.1) is 0 Å². The van der Waals surface area contributed by atoms with Gasteiger partial charge in [0.15, 0.2) is 0 Å². The predicted molar refractivity (Wildman–Crippen MR) is 84.1 cm³/mol. The summed E-state index contributed by atoms with van der Waals surface area (Å²) in [4.78, 5) is 12.2. The zero-order valence-corrected chi connectivity index (χ0v) is 13.1. The number of rotatable bonds is 6. The van der Waals surface area contributed by atoms with E-state index in [4.69, 9.17) is 0 Å². The van der Waals surface area contributed by atoms with Crippen molar-refractivity contribution in [3.8, 4) is 0 Å². The smallest absolute Gasteiger partial charge is 0.250 e. The number of fused-ring (bicyclic) bond motifs is 1. The lowest BCUT2D eigenvalue weighted by molar-refractivity contribution is 0.429. The Labute approximate surface area is 122 Å². The van der Waals surface area contributed by atoms with Crippen molar-refractivity contribution in [2.24, 2.45) is 5.92 Å². The second-order valence-electron chi connectivity index (χ2n) is 6.31. The number of hydrogen-bond donors (Lipinski definition) is 1. The van der Waals surface area contributed by atoms with E-state index in [-0.39, 0.29) is 5.56 Å². The fourth-order valence-electron chi connectivity index (χ4n) is 3.02. The van der Waals surface area contributed by atoms with E-state index in [0.29, 0.717) is 12.0 Å². The molecule has 1 aromatic heterocycles. The molecule has 1 N–H and O–H groups in total. The topological polar surface area (TPSA) is 34.0 Å². The zero-order valence-electron chi connectivity index (χ0n) is 13.1. The summed E-state index contributed by atoms with van der Waals surface area (Å²) in [6.45, 7) is 8.54. The van der Waals surface area contributed by atoms with E-state index < -0.39 is 0 Å². The Bertz CT molecular complexity index is 490. The molecular weight excluding hydrogens is 248 g/mol. The Balaban J connectivity index is 2.27. The molecule has 0 spiro atoms. The average molecular weight is 276 g/mol. The molecular formula is C17H28N2O. The van der Waals surface area contributed by atoms with Gasteiger partial charge in [0, 0.05) is 24.3 Å². The van der Waals surface area contributed by atoms with Crippen molar-refractivity contribution in [1.82, 2.24) is 9.88 Å². The highest BCUT2D eigenvalue weighted by atomic mass is 16.1. The first-order chi connectivity index (χ1) is 9.63. The highest BCUT2D eigenvalue weighted by Gasteiger charge is 2.22. The maximum Gasteiger partial charge on any atom is 0.250 e. The van der Waals surface area contributed by atoms with E-state index >= 15 is 0 Å². The molecule has 1 atom stereocenters. The van der Waals surface area contributed by atoms with Crippen molar-refractivity contribution >= 4 is 0 Å². The van der Waals surface area contributed by atoms with Crippen molar-refractivity contribution in [2.75, 3.05) is 6.54 Å². The highest BCUT2D eigenvalue weighted by Crippen LogP contribution is 2.28. The lowest BCUT2D eigenvalue weighted by Crippen LogP contribution is -2.32. The summed E-state index contributed by atoms with van der Waals surface area (Å²) in [6, 6.07) is 4.24. The molecule has 0 bridgehead atoms. The Morgan fingerprint density at radius 2 is 2.20 bits per heavy atom. The van der Waals surface area contributed by atoms with Gasteiger partial charge in [0.25, 0.3) is 5.56 Å². The van der Waals surface area contributed by atoms with Gasteiger partial charge in [-0.1, -0.05) is 26.8 Å². The molecule has 0 aromatic carbocycles. The highest BCUT2D eigenvalue weighted by molar-refractivity contribution is 5.27. The minimum atomic E-state index is 0.167. The minimum absolute atomic E-state index is 0.167. The number of aromatic nitrogens is 1. The van der Waals surface area contributed by atoms with Gasteiger partial charge < -0.3 is 9.88 Å². The van der Waals surface area contributed by atoms with Crippen LogP contribution in [-0.4, -0.2) is 11.1 Å². The average Bonchev–Trinajstić information content (AvgIpc) is 2.43. The Kier molecular flexibility index (Phi) is 5.41. The molecule has 1 heterocycles. The van der Waals surface area contributed by atoms with Gasteiger partial charge in [-0.25, -0.2) is 0 Å². The Morgan fingerprint density at radius 1 is 1.40 bits per heavy atom. The maximum absolute atomic E-state index is 12.2. The Morgan fingerprint density at radius 3 is 2.90 bits per heavy atom. The summed E-state index contributed by atoms with van der Waals surface area (Å²) in [5.74, 6) is 0.635. The summed E-state index contributed by atoms with van der Waals surface area (Å²) >= 11 is 0. The van der Waals surface area contributed by atoms with Crippen LogP contribution in [0.1, 0.15) is 63.8 Å². The van der Waals surface area contributed by atoms with Crippen molar-refractivity contribution in [3.05, 3.63) is 33.7 Å². The van der Waals surface area contributed by atoms with Gasteiger partial charge >= 0.3 is 0 Å². The Hall–Kier alpha value is -1.09. The second-order valence-corrected chi connectivity index (χ2v) is 6.31. The molecule has 1 unspecified atom stereocenters. The monoisotopic (exact) mass is 276 g/mol. The van der Waals surface area contributed by atoms with E-state index in [2.05, 4.69) is 32.2 Å². The van der Waals surface area contributed by atoms with Crippen molar-refractivity contribution in [1.29, 1.82) is 0 Å². The molecule has 112 valence electrons. The van der Waals surface area contributed by atoms with Crippen molar-refractivity contribution < 1.29 is 0 Å². The molecule has 2 rings (SSSR count). The van der Waals surface area contributed by atoms with Crippen LogP contribution >= 0.6 is 0 Å². The van der Waals surface area contributed by atoms with Gasteiger partial charge in [0.1, 0.15) is 0 Å². The van der Waals surface area contributed by atoms with E-state index in [1.54, 1.807) is 6.07 Å². The normalized spacial score (nSPS) is 18.3. The molecule has 3 nitrogen and oxygen atoms in total. The number of nitrogens with zero attached hydrogens (tertiary/aromatic N) is 1. The summed E-state index contributed by atoms with van der Waals surface area (Å²) in [7, 11) is 0. The van der Waals surface area contributed by atoms with Crippen LogP contribution in [-0.2, 0) is 13.0 Å². The van der Waals surface area contributed by atoms with Crippen LogP contribution in [0.2, 0.25) is 0 Å². The van der Waals surface area contributed by atoms with Crippen LogP contribution in [0.3, 0.4) is 0 Å². The van der Waals surface area contributed by atoms with Crippen LogP contribution < -0.4 is 10.9 Å². The third kappa shape index (κ3) is 3.51. The first-order valence-corrected chi connectivity index (χ1v) is 8.09. The van der Waals surface area contributed by atoms with Crippen LogP contribution in [0.15, 0.2) is 16.9 Å². The van der Waals surface area contributed by atoms with Crippen molar-refractivity contribution in [3.63, 3.8) is 0 Å². The van der Waals surface area contributed by atoms with Crippen LogP contribution in [0.4, 0.5) is 0 Å². The standard InChI is InChI=1S/C17H28N2O/c1-4-11-18-15-6-5-7-16-14(15)8-9-17(20)19(16)12-10-13(2)3/h8-9,13,15,18H,4-7,10-12H2,1-3H3. The third-order valence-corrected chi connectivity index (χ3v) is 4.18. The van der Waals surface area contributed by atoms with Gasteiger partial charge in [0.2, 0.25) is 0 Å². The van der Waals surface area contributed by atoms with Gasteiger partial charge in [-0.2, -0.15) is 0 Å². The first-order valence-electron chi connectivity index (χ1n) is 8.09. The van der Waals surface area contributed by atoms with Crippen molar-refractivity contribution in [2.45, 2.75) is 65.5 Å². The van der Waals surface area contributed by atoms with E-state index in [0.717, 1.165) is 32.4 Å². The largest absolute Gasteiger partial charge is 0.312 e. The van der Waals surface area contributed by atoms with Gasteiger partial charge in [-0.3, -0.25) is 4.79 Å². The molecule has 0 amide bonds. The molecule has 0 aliphatic heterocycles. The first kappa shape index (κ1) is 15.3. The fraction of sp³-hybridized carbons (Fsp3) is 0.706. The SMILES string of the molecule is CCCNC1CCCc2c1ccc(=O)n2CCC(C)C.